The van der Waals surface area contributed by atoms with E-state index in [0.717, 1.165) is 16.8 Å². The maximum absolute atomic E-state index is 12.7. The van der Waals surface area contributed by atoms with Crippen LogP contribution in [0.3, 0.4) is 0 Å². The molecule has 5 nitrogen and oxygen atoms in total. The van der Waals surface area contributed by atoms with Crippen molar-refractivity contribution in [2.24, 2.45) is 0 Å². The molecule has 1 aromatic heterocycles. The molecule has 0 aliphatic rings. The molecule has 134 valence electrons. The van der Waals surface area contributed by atoms with Crippen LogP contribution in [0.15, 0.2) is 55.1 Å². The second-order valence-electron chi connectivity index (χ2n) is 6.71. The first-order valence-electron chi connectivity index (χ1n) is 8.72. The number of aromatic nitrogens is 3. The van der Waals surface area contributed by atoms with Gasteiger partial charge in [-0.2, -0.15) is 5.10 Å². The molecule has 0 unspecified atom stereocenters. The molecular formula is C21H24N4O. The van der Waals surface area contributed by atoms with Gasteiger partial charge in [0.05, 0.1) is 18.2 Å². The van der Waals surface area contributed by atoms with E-state index in [1.165, 1.54) is 17.5 Å². The number of hydrogen-bond acceptors (Lipinski definition) is 3. The number of carbonyl (C=O) groups is 1. The third-order valence-corrected chi connectivity index (χ3v) is 4.96. The number of aryl methyl sites for hydroxylation is 2. The molecule has 0 N–H and O–H groups in total. The summed E-state index contributed by atoms with van der Waals surface area (Å²) in [6.07, 6.45) is 3.59. The zero-order valence-corrected chi connectivity index (χ0v) is 15.7. The zero-order valence-electron chi connectivity index (χ0n) is 15.7. The van der Waals surface area contributed by atoms with Gasteiger partial charge in [-0.1, -0.05) is 30.3 Å². The molecule has 3 rings (SSSR count). The van der Waals surface area contributed by atoms with Crippen molar-refractivity contribution in [1.29, 1.82) is 0 Å². The van der Waals surface area contributed by atoms with E-state index in [9.17, 15) is 4.79 Å². The highest BCUT2D eigenvalue weighted by atomic mass is 16.2. The average molecular weight is 348 g/mol. The second-order valence-corrected chi connectivity index (χ2v) is 6.71. The Balaban J connectivity index is 1.69. The smallest absolute Gasteiger partial charge is 0.227 e. The van der Waals surface area contributed by atoms with Crippen LogP contribution in [0.1, 0.15) is 35.2 Å². The Morgan fingerprint density at radius 3 is 2.46 bits per heavy atom. The summed E-state index contributed by atoms with van der Waals surface area (Å²) in [7, 11) is 1.86. The number of rotatable bonds is 5. The first-order chi connectivity index (χ1) is 12.5. The van der Waals surface area contributed by atoms with Gasteiger partial charge in [0, 0.05) is 7.05 Å². The minimum absolute atomic E-state index is 0.00107. The normalized spacial score (nSPS) is 12.0. The summed E-state index contributed by atoms with van der Waals surface area (Å²) in [5, 5.41) is 4.13. The first kappa shape index (κ1) is 17.9. The predicted molar refractivity (Wildman–Crippen MR) is 102 cm³/mol. The van der Waals surface area contributed by atoms with Gasteiger partial charge >= 0.3 is 0 Å². The molecule has 0 spiro atoms. The standard InChI is InChI=1S/C21H24N4O/c1-15-5-6-18(11-16(15)2)12-21(26)24(4)17(3)19-7-9-20(10-8-19)25-14-22-13-23-25/h5-11,13-14,17H,12H2,1-4H3/t17-/m0/s1. The number of carbonyl (C=O) groups excluding carboxylic acids is 1. The second kappa shape index (κ2) is 7.52. The lowest BCUT2D eigenvalue weighted by molar-refractivity contribution is -0.131. The van der Waals surface area contributed by atoms with E-state index >= 15 is 0 Å². The maximum atomic E-state index is 12.7. The SMILES string of the molecule is Cc1ccc(CC(=O)N(C)[C@@H](C)c2ccc(-n3cncn3)cc2)cc1C. The van der Waals surface area contributed by atoms with E-state index in [2.05, 4.69) is 36.1 Å². The van der Waals surface area contributed by atoms with Crippen LogP contribution in [0.5, 0.6) is 0 Å². The fraction of sp³-hybridized carbons (Fsp3) is 0.286. The van der Waals surface area contributed by atoms with E-state index < -0.39 is 0 Å². The van der Waals surface area contributed by atoms with Crippen molar-refractivity contribution in [3.05, 3.63) is 77.4 Å². The lowest BCUT2D eigenvalue weighted by Gasteiger charge is -2.26. The van der Waals surface area contributed by atoms with Crippen LogP contribution in [-0.4, -0.2) is 32.6 Å². The Bertz CT molecular complexity index is 885. The van der Waals surface area contributed by atoms with Crippen molar-refractivity contribution in [3.63, 3.8) is 0 Å². The number of amides is 1. The van der Waals surface area contributed by atoms with Crippen molar-refractivity contribution in [1.82, 2.24) is 19.7 Å². The molecule has 0 saturated heterocycles. The molecule has 5 heteroatoms. The lowest BCUT2D eigenvalue weighted by atomic mass is 10.0. The van der Waals surface area contributed by atoms with Crippen LogP contribution in [0.4, 0.5) is 0 Å². The molecular weight excluding hydrogens is 324 g/mol. The molecule has 1 atom stereocenters. The van der Waals surface area contributed by atoms with Crippen molar-refractivity contribution in [2.45, 2.75) is 33.2 Å². The molecule has 3 aromatic rings. The van der Waals surface area contributed by atoms with Crippen LogP contribution in [-0.2, 0) is 11.2 Å². The summed E-state index contributed by atoms with van der Waals surface area (Å²) in [5.41, 5.74) is 5.55. The fourth-order valence-electron chi connectivity index (χ4n) is 2.90. The molecule has 2 aromatic carbocycles. The Morgan fingerprint density at radius 1 is 1.12 bits per heavy atom. The maximum Gasteiger partial charge on any atom is 0.227 e. The van der Waals surface area contributed by atoms with Crippen LogP contribution in [0.2, 0.25) is 0 Å². The van der Waals surface area contributed by atoms with E-state index in [1.807, 2.05) is 44.3 Å². The molecule has 0 aliphatic heterocycles. The van der Waals surface area contributed by atoms with Crippen molar-refractivity contribution in [2.75, 3.05) is 7.05 Å². The quantitative estimate of drug-likeness (QED) is 0.707. The van der Waals surface area contributed by atoms with Crippen molar-refractivity contribution in [3.8, 4) is 5.69 Å². The Labute approximate surface area is 154 Å². The van der Waals surface area contributed by atoms with Crippen LogP contribution >= 0.6 is 0 Å². The number of likely N-dealkylation sites (N-methyl/N-ethyl adjacent to an activating group) is 1. The predicted octanol–water partition coefficient (Wildman–Crippen LogP) is 3.65. The Hall–Kier alpha value is -2.95. The Morgan fingerprint density at radius 2 is 1.85 bits per heavy atom. The monoisotopic (exact) mass is 348 g/mol. The van der Waals surface area contributed by atoms with Gasteiger partial charge in [-0.25, -0.2) is 9.67 Å². The van der Waals surface area contributed by atoms with E-state index in [-0.39, 0.29) is 11.9 Å². The van der Waals surface area contributed by atoms with Gasteiger partial charge in [-0.15, -0.1) is 0 Å². The van der Waals surface area contributed by atoms with Crippen LogP contribution in [0.25, 0.3) is 5.69 Å². The molecule has 0 radical (unpaired) electrons. The molecule has 0 saturated carbocycles. The summed E-state index contributed by atoms with van der Waals surface area (Å²) in [5.74, 6) is 0.112. The van der Waals surface area contributed by atoms with E-state index in [1.54, 1.807) is 15.9 Å². The highest BCUT2D eigenvalue weighted by molar-refractivity contribution is 5.79. The zero-order chi connectivity index (χ0) is 18.7. The lowest BCUT2D eigenvalue weighted by Crippen LogP contribution is -2.31. The highest BCUT2D eigenvalue weighted by Gasteiger charge is 2.18. The third kappa shape index (κ3) is 3.82. The molecule has 0 aliphatic carbocycles. The van der Waals surface area contributed by atoms with Gasteiger partial charge in [0.2, 0.25) is 5.91 Å². The van der Waals surface area contributed by atoms with Crippen LogP contribution < -0.4 is 0 Å². The Kier molecular flexibility index (Phi) is 5.16. The number of hydrogen-bond donors (Lipinski definition) is 0. The van der Waals surface area contributed by atoms with Gasteiger partial charge < -0.3 is 4.90 Å². The van der Waals surface area contributed by atoms with Crippen LogP contribution in [0, 0.1) is 13.8 Å². The summed E-state index contributed by atoms with van der Waals surface area (Å²) in [6, 6.07) is 14.2. The number of benzene rings is 2. The van der Waals surface area contributed by atoms with Gasteiger partial charge in [0.1, 0.15) is 12.7 Å². The molecule has 0 bridgehead atoms. The van der Waals surface area contributed by atoms with Gasteiger partial charge in [0.25, 0.3) is 0 Å². The van der Waals surface area contributed by atoms with Gasteiger partial charge in [0.15, 0.2) is 0 Å². The minimum Gasteiger partial charge on any atom is -0.339 e. The van der Waals surface area contributed by atoms with Crippen molar-refractivity contribution < 1.29 is 4.79 Å². The highest BCUT2D eigenvalue weighted by Crippen LogP contribution is 2.21. The fourth-order valence-corrected chi connectivity index (χ4v) is 2.90. The van der Waals surface area contributed by atoms with Crippen molar-refractivity contribution >= 4 is 5.91 Å². The summed E-state index contributed by atoms with van der Waals surface area (Å²) < 4.78 is 1.71. The summed E-state index contributed by atoms with van der Waals surface area (Å²) in [6.45, 7) is 6.20. The number of nitrogens with zero attached hydrogens (tertiary/aromatic N) is 4. The van der Waals surface area contributed by atoms with Gasteiger partial charge in [-0.3, -0.25) is 4.79 Å². The van der Waals surface area contributed by atoms with E-state index in [4.69, 9.17) is 0 Å². The topological polar surface area (TPSA) is 51.0 Å². The average Bonchev–Trinajstić information content (AvgIpc) is 3.18. The molecule has 0 fully saturated rings. The molecule has 1 heterocycles. The summed E-state index contributed by atoms with van der Waals surface area (Å²) in [4.78, 5) is 18.4. The largest absolute Gasteiger partial charge is 0.339 e. The minimum atomic E-state index is -0.00107. The molecule has 1 amide bonds. The first-order valence-corrected chi connectivity index (χ1v) is 8.72. The third-order valence-electron chi connectivity index (χ3n) is 4.96. The van der Waals surface area contributed by atoms with E-state index in [0.29, 0.717) is 6.42 Å². The van der Waals surface area contributed by atoms with Gasteiger partial charge in [-0.05, 0) is 55.2 Å². The summed E-state index contributed by atoms with van der Waals surface area (Å²) >= 11 is 0. The molecule has 26 heavy (non-hydrogen) atoms.